The molecule has 2 aromatic rings. The highest BCUT2D eigenvalue weighted by Crippen LogP contribution is 2.26. The van der Waals surface area contributed by atoms with Gasteiger partial charge in [0, 0.05) is 36.9 Å². The number of benzene rings is 1. The summed E-state index contributed by atoms with van der Waals surface area (Å²) in [5, 5.41) is 0. The van der Waals surface area contributed by atoms with Gasteiger partial charge in [-0.15, -0.1) is 0 Å². The van der Waals surface area contributed by atoms with Crippen LogP contribution in [0.3, 0.4) is 0 Å². The molecular formula is C16H13F2NO. The minimum absolute atomic E-state index is 0.0890. The number of pyridine rings is 1. The third-order valence-corrected chi connectivity index (χ3v) is 3.63. The largest absolute Gasteiger partial charge is 0.294 e. The standard InChI is InChI=1S/C16H13F2NO/c17-13-5-4-10(14(18)7-13)6-12-9-19-8-11-2-1-3-15(20)16(11)12/h4-5,7-9H,1-3,6H2. The van der Waals surface area contributed by atoms with Crippen LogP contribution in [0.1, 0.15) is 39.9 Å². The fourth-order valence-electron chi connectivity index (χ4n) is 2.67. The van der Waals surface area contributed by atoms with Crippen LogP contribution in [0.25, 0.3) is 0 Å². The summed E-state index contributed by atoms with van der Waals surface area (Å²) in [4.78, 5) is 16.2. The summed E-state index contributed by atoms with van der Waals surface area (Å²) in [6.07, 6.45) is 5.75. The second kappa shape index (κ2) is 5.12. The number of hydrogen-bond donors (Lipinski definition) is 0. The molecule has 0 unspecified atom stereocenters. The van der Waals surface area contributed by atoms with E-state index in [1.165, 1.54) is 12.1 Å². The van der Waals surface area contributed by atoms with E-state index in [0.717, 1.165) is 30.0 Å². The Morgan fingerprint density at radius 1 is 1.10 bits per heavy atom. The lowest BCUT2D eigenvalue weighted by Crippen LogP contribution is -2.15. The average Bonchev–Trinajstić information content (AvgIpc) is 2.42. The molecule has 1 heterocycles. The number of aryl methyl sites for hydroxylation is 1. The quantitative estimate of drug-likeness (QED) is 0.838. The highest BCUT2D eigenvalue weighted by molar-refractivity contribution is 5.99. The van der Waals surface area contributed by atoms with E-state index < -0.39 is 11.6 Å². The number of rotatable bonds is 2. The second-order valence-electron chi connectivity index (χ2n) is 5.02. The molecule has 1 aliphatic rings. The average molecular weight is 273 g/mol. The smallest absolute Gasteiger partial charge is 0.163 e. The molecule has 0 radical (unpaired) electrons. The van der Waals surface area contributed by atoms with Crippen LogP contribution >= 0.6 is 0 Å². The molecule has 0 saturated heterocycles. The Morgan fingerprint density at radius 3 is 2.75 bits per heavy atom. The molecule has 1 aliphatic carbocycles. The van der Waals surface area contributed by atoms with Gasteiger partial charge in [0.25, 0.3) is 0 Å². The number of aromatic nitrogens is 1. The molecule has 0 bridgehead atoms. The SMILES string of the molecule is O=C1CCCc2cncc(Cc3ccc(F)cc3F)c21. The topological polar surface area (TPSA) is 30.0 Å². The monoisotopic (exact) mass is 273 g/mol. The maximum absolute atomic E-state index is 13.7. The van der Waals surface area contributed by atoms with Crippen molar-refractivity contribution in [3.8, 4) is 0 Å². The molecule has 0 aliphatic heterocycles. The van der Waals surface area contributed by atoms with Crippen LogP contribution in [-0.4, -0.2) is 10.8 Å². The summed E-state index contributed by atoms with van der Waals surface area (Å²) in [5.74, 6) is -1.10. The third-order valence-electron chi connectivity index (χ3n) is 3.63. The van der Waals surface area contributed by atoms with Crippen LogP contribution in [0.2, 0.25) is 0 Å². The highest BCUT2D eigenvalue weighted by atomic mass is 19.1. The van der Waals surface area contributed by atoms with Crippen molar-refractivity contribution in [2.24, 2.45) is 0 Å². The fraction of sp³-hybridized carbons (Fsp3) is 0.250. The van der Waals surface area contributed by atoms with Crippen molar-refractivity contribution < 1.29 is 13.6 Å². The Morgan fingerprint density at radius 2 is 1.95 bits per heavy atom. The lowest BCUT2D eigenvalue weighted by molar-refractivity contribution is 0.0971. The Bertz CT molecular complexity index is 682. The fourth-order valence-corrected chi connectivity index (χ4v) is 2.67. The van der Waals surface area contributed by atoms with E-state index >= 15 is 0 Å². The van der Waals surface area contributed by atoms with Gasteiger partial charge in [0.2, 0.25) is 0 Å². The zero-order valence-electron chi connectivity index (χ0n) is 10.8. The van der Waals surface area contributed by atoms with Gasteiger partial charge >= 0.3 is 0 Å². The molecule has 102 valence electrons. The Balaban J connectivity index is 2.01. The number of halogens is 2. The van der Waals surface area contributed by atoms with E-state index in [-0.39, 0.29) is 12.2 Å². The van der Waals surface area contributed by atoms with Gasteiger partial charge in [-0.1, -0.05) is 6.07 Å². The molecule has 2 nitrogen and oxygen atoms in total. The molecule has 0 spiro atoms. The van der Waals surface area contributed by atoms with Gasteiger partial charge in [-0.2, -0.15) is 0 Å². The summed E-state index contributed by atoms with van der Waals surface area (Å²) in [7, 11) is 0. The Kier molecular flexibility index (Phi) is 3.30. The maximum Gasteiger partial charge on any atom is 0.163 e. The van der Waals surface area contributed by atoms with Crippen LogP contribution in [0.15, 0.2) is 30.6 Å². The number of ketones is 1. The van der Waals surface area contributed by atoms with Gasteiger partial charge in [-0.3, -0.25) is 9.78 Å². The first kappa shape index (κ1) is 12.9. The van der Waals surface area contributed by atoms with Crippen LogP contribution < -0.4 is 0 Å². The van der Waals surface area contributed by atoms with E-state index in [1.807, 2.05) is 0 Å². The first-order valence-electron chi connectivity index (χ1n) is 6.58. The Hall–Kier alpha value is -2.10. The summed E-state index contributed by atoms with van der Waals surface area (Å²) in [6.45, 7) is 0. The predicted molar refractivity (Wildman–Crippen MR) is 70.7 cm³/mol. The number of hydrogen-bond acceptors (Lipinski definition) is 2. The number of carbonyl (C=O) groups excluding carboxylic acids is 1. The number of Topliss-reactive ketones (excluding diaryl/α,β-unsaturated/α-hetero) is 1. The van der Waals surface area contributed by atoms with Crippen molar-refractivity contribution in [3.63, 3.8) is 0 Å². The zero-order valence-corrected chi connectivity index (χ0v) is 10.8. The van der Waals surface area contributed by atoms with E-state index in [1.54, 1.807) is 12.4 Å². The Labute approximate surface area is 115 Å². The van der Waals surface area contributed by atoms with Crippen LogP contribution in [0.4, 0.5) is 8.78 Å². The number of nitrogens with zero attached hydrogens (tertiary/aromatic N) is 1. The summed E-state index contributed by atoms with van der Waals surface area (Å²) in [6, 6.07) is 3.50. The second-order valence-corrected chi connectivity index (χ2v) is 5.02. The van der Waals surface area contributed by atoms with Crippen molar-refractivity contribution in [1.29, 1.82) is 0 Å². The van der Waals surface area contributed by atoms with Gasteiger partial charge in [0.15, 0.2) is 5.78 Å². The van der Waals surface area contributed by atoms with Crippen LogP contribution in [-0.2, 0) is 12.8 Å². The van der Waals surface area contributed by atoms with Gasteiger partial charge in [0.05, 0.1) is 0 Å². The minimum Gasteiger partial charge on any atom is -0.294 e. The molecule has 0 atom stereocenters. The number of carbonyl (C=O) groups is 1. The first-order chi connectivity index (χ1) is 9.65. The van der Waals surface area contributed by atoms with Gasteiger partial charge in [0.1, 0.15) is 11.6 Å². The number of fused-ring (bicyclic) bond motifs is 1. The van der Waals surface area contributed by atoms with Crippen molar-refractivity contribution in [2.45, 2.75) is 25.7 Å². The molecule has 1 aromatic carbocycles. The molecule has 1 aromatic heterocycles. The van der Waals surface area contributed by atoms with Gasteiger partial charge < -0.3 is 0 Å². The summed E-state index contributed by atoms with van der Waals surface area (Å²) in [5.41, 5.74) is 2.70. The highest BCUT2D eigenvalue weighted by Gasteiger charge is 2.21. The zero-order chi connectivity index (χ0) is 14.1. The molecule has 3 rings (SSSR count). The van der Waals surface area contributed by atoms with E-state index in [9.17, 15) is 13.6 Å². The molecule has 4 heteroatoms. The van der Waals surface area contributed by atoms with Gasteiger partial charge in [-0.25, -0.2) is 8.78 Å². The van der Waals surface area contributed by atoms with Crippen molar-refractivity contribution in [1.82, 2.24) is 4.98 Å². The lowest BCUT2D eigenvalue weighted by Gasteiger charge is -2.17. The molecule has 0 saturated carbocycles. The molecule has 0 N–H and O–H groups in total. The summed E-state index contributed by atoms with van der Waals surface area (Å²) >= 11 is 0. The lowest BCUT2D eigenvalue weighted by atomic mass is 9.87. The molecular weight excluding hydrogens is 260 g/mol. The van der Waals surface area contributed by atoms with E-state index in [0.29, 0.717) is 17.5 Å². The minimum atomic E-state index is -0.601. The van der Waals surface area contributed by atoms with E-state index in [2.05, 4.69) is 4.98 Å². The van der Waals surface area contributed by atoms with Gasteiger partial charge in [-0.05, 0) is 35.6 Å². The van der Waals surface area contributed by atoms with E-state index in [4.69, 9.17) is 0 Å². The van der Waals surface area contributed by atoms with Crippen LogP contribution in [0, 0.1) is 11.6 Å². The van der Waals surface area contributed by atoms with Crippen molar-refractivity contribution in [2.75, 3.05) is 0 Å². The van der Waals surface area contributed by atoms with Crippen LogP contribution in [0.5, 0.6) is 0 Å². The maximum atomic E-state index is 13.7. The third kappa shape index (κ3) is 2.33. The summed E-state index contributed by atoms with van der Waals surface area (Å²) < 4.78 is 26.6. The predicted octanol–water partition coefficient (Wildman–Crippen LogP) is 3.47. The molecule has 20 heavy (non-hydrogen) atoms. The van der Waals surface area contributed by atoms with Crippen molar-refractivity contribution in [3.05, 3.63) is 64.5 Å². The normalized spacial score (nSPS) is 14.2. The molecule has 0 fully saturated rings. The van der Waals surface area contributed by atoms with Crippen molar-refractivity contribution >= 4 is 5.78 Å². The first-order valence-corrected chi connectivity index (χ1v) is 6.58. The molecule has 0 amide bonds.